The number of furan rings is 1. The van der Waals surface area contributed by atoms with E-state index < -0.39 is 0 Å². The number of hydrogen-bond acceptors (Lipinski definition) is 4. The van der Waals surface area contributed by atoms with E-state index in [4.69, 9.17) is 9.15 Å². The number of hydrogen-bond donors (Lipinski definition) is 1. The van der Waals surface area contributed by atoms with Crippen LogP contribution in [0.25, 0.3) is 11.0 Å². The third-order valence-corrected chi connectivity index (χ3v) is 4.55. The van der Waals surface area contributed by atoms with Gasteiger partial charge in [-0.3, -0.25) is 4.68 Å². The zero-order valence-electron chi connectivity index (χ0n) is 13.2. The molecule has 0 saturated carbocycles. The SMILES string of the molecule is Cn1nccc1[C@@H]1OCC[C@H]1CNCc1cc2ccccc2o1. The smallest absolute Gasteiger partial charge is 0.134 e. The Bertz CT molecular complexity index is 759. The van der Waals surface area contributed by atoms with Crippen LogP contribution in [0.1, 0.15) is 24.0 Å². The number of nitrogens with zero attached hydrogens (tertiary/aromatic N) is 2. The molecule has 0 bridgehead atoms. The molecule has 23 heavy (non-hydrogen) atoms. The number of rotatable bonds is 5. The minimum atomic E-state index is 0.130. The van der Waals surface area contributed by atoms with Crippen LogP contribution in [0.4, 0.5) is 0 Å². The van der Waals surface area contributed by atoms with E-state index in [9.17, 15) is 0 Å². The highest BCUT2D eigenvalue weighted by atomic mass is 16.5. The fraction of sp³-hybridized carbons (Fsp3) is 0.389. The van der Waals surface area contributed by atoms with Crippen LogP contribution in [0, 0.1) is 5.92 Å². The average molecular weight is 311 g/mol. The number of aryl methyl sites for hydroxylation is 1. The summed E-state index contributed by atoms with van der Waals surface area (Å²) >= 11 is 0. The third-order valence-electron chi connectivity index (χ3n) is 4.55. The van der Waals surface area contributed by atoms with E-state index in [1.54, 1.807) is 0 Å². The van der Waals surface area contributed by atoms with Crippen LogP contribution in [-0.4, -0.2) is 22.9 Å². The topological polar surface area (TPSA) is 52.2 Å². The van der Waals surface area contributed by atoms with Crippen molar-refractivity contribution >= 4 is 11.0 Å². The van der Waals surface area contributed by atoms with Crippen LogP contribution >= 0.6 is 0 Å². The lowest BCUT2D eigenvalue weighted by Gasteiger charge is -2.19. The summed E-state index contributed by atoms with van der Waals surface area (Å²) in [7, 11) is 1.97. The first-order valence-corrected chi connectivity index (χ1v) is 8.09. The maximum absolute atomic E-state index is 5.92. The molecular formula is C18H21N3O2. The van der Waals surface area contributed by atoms with E-state index in [0.29, 0.717) is 5.92 Å². The minimum absolute atomic E-state index is 0.130. The summed E-state index contributed by atoms with van der Waals surface area (Å²) < 4.78 is 13.7. The van der Waals surface area contributed by atoms with Crippen LogP contribution in [-0.2, 0) is 18.3 Å². The number of aromatic nitrogens is 2. The molecule has 1 aromatic carbocycles. The second-order valence-electron chi connectivity index (χ2n) is 6.10. The van der Waals surface area contributed by atoms with Gasteiger partial charge in [-0.25, -0.2) is 0 Å². The second kappa shape index (κ2) is 6.18. The van der Waals surface area contributed by atoms with Crippen LogP contribution in [0.15, 0.2) is 47.0 Å². The number of benzene rings is 1. The van der Waals surface area contributed by atoms with E-state index in [0.717, 1.165) is 48.5 Å². The zero-order valence-corrected chi connectivity index (χ0v) is 13.2. The molecule has 1 aliphatic heterocycles. The van der Waals surface area contributed by atoms with Crippen molar-refractivity contribution in [2.45, 2.75) is 19.1 Å². The highest BCUT2D eigenvalue weighted by Crippen LogP contribution is 2.33. The summed E-state index contributed by atoms with van der Waals surface area (Å²) in [6.07, 6.45) is 3.03. The highest BCUT2D eigenvalue weighted by molar-refractivity contribution is 5.77. The lowest BCUT2D eigenvalue weighted by atomic mass is 9.99. The van der Waals surface area contributed by atoms with Gasteiger partial charge in [0.1, 0.15) is 17.4 Å². The summed E-state index contributed by atoms with van der Waals surface area (Å²) in [4.78, 5) is 0. The van der Waals surface area contributed by atoms with Gasteiger partial charge in [0.25, 0.3) is 0 Å². The summed E-state index contributed by atoms with van der Waals surface area (Å²) in [6.45, 7) is 2.46. The Morgan fingerprint density at radius 3 is 3.04 bits per heavy atom. The summed E-state index contributed by atoms with van der Waals surface area (Å²) in [6, 6.07) is 12.3. The fourth-order valence-corrected chi connectivity index (χ4v) is 3.34. The van der Waals surface area contributed by atoms with Gasteiger partial charge in [0.2, 0.25) is 0 Å². The first-order valence-electron chi connectivity index (χ1n) is 8.09. The molecule has 5 nitrogen and oxygen atoms in total. The predicted octanol–water partition coefficient (Wildman–Crippen LogP) is 3.03. The number of ether oxygens (including phenoxy) is 1. The van der Waals surface area contributed by atoms with Crippen molar-refractivity contribution in [3.8, 4) is 0 Å². The van der Waals surface area contributed by atoms with Gasteiger partial charge in [-0.05, 0) is 24.6 Å². The molecule has 4 rings (SSSR count). The Balaban J connectivity index is 1.38. The number of nitrogens with one attached hydrogen (secondary N) is 1. The van der Waals surface area contributed by atoms with Gasteiger partial charge in [-0.2, -0.15) is 5.10 Å². The first-order chi connectivity index (χ1) is 11.3. The van der Waals surface area contributed by atoms with E-state index in [1.165, 1.54) is 0 Å². The van der Waals surface area contributed by atoms with Crippen molar-refractivity contribution in [3.05, 3.63) is 54.0 Å². The van der Waals surface area contributed by atoms with Gasteiger partial charge in [0.15, 0.2) is 0 Å². The van der Waals surface area contributed by atoms with Gasteiger partial charge >= 0.3 is 0 Å². The van der Waals surface area contributed by atoms with Crippen molar-refractivity contribution in [1.82, 2.24) is 15.1 Å². The van der Waals surface area contributed by atoms with Crippen molar-refractivity contribution in [2.75, 3.05) is 13.2 Å². The molecule has 2 atom stereocenters. The van der Waals surface area contributed by atoms with E-state index in [1.807, 2.05) is 42.2 Å². The maximum Gasteiger partial charge on any atom is 0.134 e. The first kappa shape index (κ1) is 14.5. The molecule has 0 spiro atoms. The molecule has 0 unspecified atom stereocenters. The molecule has 3 aromatic rings. The molecule has 120 valence electrons. The lowest BCUT2D eigenvalue weighted by Crippen LogP contribution is -2.25. The van der Waals surface area contributed by atoms with Crippen LogP contribution < -0.4 is 5.32 Å². The Morgan fingerprint density at radius 2 is 2.22 bits per heavy atom. The Morgan fingerprint density at radius 1 is 1.30 bits per heavy atom. The molecule has 1 saturated heterocycles. The summed E-state index contributed by atoms with van der Waals surface area (Å²) in [5.74, 6) is 1.44. The summed E-state index contributed by atoms with van der Waals surface area (Å²) in [5, 5.41) is 8.92. The quantitative estimate of drug-likeness (QED) is 0.787. The van der Waals surface area contributed by atoms with E-state index in [-0.39, 0.29) is 6.10 Å². The van der Waals surface area contributed by atoms with Gasteiger partial charge < -0.3 is 14.5 Å². The fourth-order valence-electron chi connectivity index (χ4n) is 3.34. The van der Waals surface area contributed by atoms with Gasteiger partial charge in [-0.1, -0.05) is 18.2 Å². The van der Waals surface area contributed by atoms with Crippen molar-refractivity contribution in [2.24, 2.45) is 13.0 Å². The van der Waals surface area contributed by atoms with Crippen LogP contribution in [0.5, 0.6) is 0 Å². The van der Waals surface area contributed by atoms with Gasteiger partial charge in [0.05, 0.1) is 12.2 Å². The molecule has 0 amide bonds. The van der Waals surface area contributed by atoms with Crippen LogP contribution in [0.2, 0.25) is 0 Å². The standard InChI is InChI=1S/C18H21N3O2/c1-21-16(6-8-20-21)18-14(7-9-22-18)11-19-12-15-10-13-4-2-3-5-17(13)23-15/h2-6,8,10,14,18-19H,7,9,11-12H2,1H3/t14-,18+/m0/s1. The van der Waals surface area contributed by atoms with Crippen molar-refractivity contribution in [3.63, 3.8) is 0 Å². The molecule has 0 radical (unpaired) electrons. The molecule has 1 N–H and O–H groups in total. The van der Waals surface area contributed by atoms with Crippen LogP contribution in [0.3, 0.4) is 0 Å². The minimum Gasteiger partial charge on any atom is -0.460 e. The van der Waals surface area contributed by atoms with E-state index in [2.05, 4.69) is 22.5 Å². The summed E-state index contributed by atoms with van der Waals surface area (Å²) in [5.41, 5.74) is 2.10. The van der Waals surface area contributed by atoms with E-state index >= 15 is 0 Å². The largest absolute Gasteiger partial charge is 0.460 e. The molecular weight excluding hydrogens is 290 g/mol. The Labute approximate surface area is 135 Å². The molecule has 3 heterocycles. The van der Waals surface area contributed by atoms with Crippen molar-refractivity contribution in [1.29, 1.82) is 0 Å². The highest BCUT2D eigenvalue weighted by Gasteiger charge is 2.31. The molecule has 5 heteroatoms. The maximum atomic E-state index is 5.92. The third kappa shape index (κ3) is 2.90. The molecule has 1 fully saturated rings. The lowest BCUT2D eigenvalue weighted by molar-refractivity contribution is 0.0837. The van der Waals surface area contributed by atoms with Gasteiger partial charge in [-0.15, -0.1) is 0 Å². The average Bonchev–Trinajstić information content (AvgIpc) is 3.26. The Kier molecular flexibility index (Phi) is 3.89. The number of fused-ring (bicyclic) bond motifs is 1. The normalized spacial score (nSPS) is 21.3. The second-order valence-corrected chi connectivity index (χ2v) is 6.10. The molecule has 0 aliphatic carbocycles. The zero-order chi connectivity index (χ0) is 15.6. The van der Waals surface area contributed by atoms with Crippen molar-refractivity contribution < 1.29 is 9.15 Å². The number of para-hydroxylation sites is 1. The van der Waals surface area contributed by atoms with Gasteiger partial charge in [0, 0.05) is 37.7 Å². The molecule has 1 aliphatic rings. The monoisotopic (exact) mass is 311 g/mol. The predicted molar refractivity (Wildman–Crippen MR) is 87.9 cm³/mol. The Hall–Kier alpha value is -2.11. The molecule has 2 aromatic heterocycles.